The molecular formula is C34H13F7N4S. The van der Waals surface area contributed by atoms with Gasteiger partial charge in [-0.3, -0.25) is 0 Å². The lowest BCUT2D eigenvalue weighted by Crippen LogP contribution is -2.11. The number of fused-ring (bicyclic) bond motifs is 7. The maximum absolute atomic E-state index is 14.4. The molecule has 0 aliphatic rings. The molecule has 0 N–H and O–H groups in total. The highest BCUT2D eigenvalue weighted by Crippen LogP contribution is 2.43. The van der Waals surface area contributed by atoms with E-state index in [4.69, 9.17) is 0 Å². The first-order valence-electron chi connectivity index (χ1n) is 13.4. The van der Waals surface area contributed by atoms with E-state index in [1.165, 1.54) is 42.5 Å². The van der Waals surface area contributed by atoms with Gasteiger partial charge in [0.1, 0.15) is 39.5 Å². The van der Waals surface area contributed by atoms with Crippen LogP contribution in [0.15, 0.2) is 70.6 Å². The largest absolute Gasteiger partial charge is 0.422 e. The summed E-state index contributed by atoms with van der Waals surface area (Å²) in [7, 11) is 0. The highest BCUT2D eigenvalue weighted by Gasteiger charge is 2.38. The molecule has 12 heteroatoms. The highest BCUT2D eigenvalue weighted by molar-refractivity contribution is 7.26. The molecular weight excluding hydrogens is 629 g/mol. The number of hydrogen-bond donors (Lipinski definition) is 0. The molecule has 4 nitrogen and oxygen atoms in total. The van der Waals surface area contributed by atoms with E-state index in [2.05, 4.69) is 9.98 Å². The Morgan fingerprint density at radius 2 is 1.00 bits per heavy atom. The van der Waals surface area contributed by atoms with Crippen LogP contribution >= 0.6 is 11.3 Å². The third-order valence-electron chi connectivity index (χ3n) is 8.02. The van der Waals surface area contributed by atoms with Gasteiger partial charge in [-0.2, -0.15) is 33.7 Å². The second kappa shape index (κ2) is 10.2. The fourth-order valence-corrected chi connectivity index (χ4v) is 7.28. The fraction of sp³-hybridized carbons (Fsp3) is 0.0588. The Morgan fingerprint density at radius 3 is 1.39 bits per heavy atom. The molecule has 0 unspecified atom stereocenters. The van der Waals surface area contributed by atoms with Crippen molar-refractivity contribution in [3.8, 4) is 34.6 Å². The van der Waals surface area contributed by atoms with E-state index in [1.807, 2.05) is 0 Å². The van der Waals surface area contributed by atoms with Gasteiger partial charge in [-0.05, 0) is 76.3 Å². The predicted molar refractivity (Wildman–Crippen MR) is 160 cm³/mol. The van der Waals surface area contributed by atoms with Crippen LogP contribution in [0.5, 0.6) is 0 Å². The predicted octanol–water partition coefficient (Wildman–Crippen LogP) is 9.22. The molecule has 6 aromatic carbocycles. The standard InChI is InChI=1S/C34H13F7N4S/c1-14-23(35)8-17(9-24(14)36)15-2-4-19-21(6-15)30(44-12-42)32-27(19)28-20-5-3-16(7-22(20)31(45-13-43)33(28)46-32)18-10-25(37)29(26(38)11-18)34(39,40)41/h2-11H,1H3/b44-30-,45-31+. The second-order valence-corrected chi connectivity index (χ2v) is 11.6. The van der Waals surface area contributed by atoms with Gasteiger partial charge in [-0.15, -0.1) is 11.3 Å². The third-order valence-corrected chi connectivity index (χ3v) is 9.23. The summed E-state index contributed by atoms with van der Waals surface area (Å²) in [6.07, 6.45) is -1.66. The van der Waals surface area contributed by atoms with Crippen molar-refractivity contribution in [2.24, 2.45) is 9.98 Å². The van der Waals surface area contributed by atoms with Gasteiger partial charge in [-0.1, -0.05) is 24.3 Å². The summed E-state index contributed by atoms with van der Waals surface area (Å²) in [6.45, 7) is 1.33. The van der Waals surface area contributed by atoms with E-state index in [-0.39, 0.29) is 27.6 Å². The Labute approximate surface area is 257 Å². The molecule has 0 spiro atoms. The minimum Gasteiger partial charge on any atom is -0.207 e. The van der Waals surface area contributed by atoms with Gasteiger partial charge < -0.3 is 0 Å². The summed E-state index contributed by atoms with van der Waals surface area (Å²) in [4.78, 5) is 8.05. The topological polar surface area (TPSA) is 72.3 Å². The normalized spacial score (nSPS) is 13.0. The van der Waals surface area contributed by atoms with Crippen molar-refractivity contribution in [1.82, 2.24) is 0 Å². The maximum atomic E-state index is 14.4. The lowest BCUT2D eigenvalue weighted by atomic mass is 9.99. The lowest BCUT2D eigenvalue weighted by molar-refractivity contribution is -0.142. The van der Waals surface area contributed by atoms with Gasteiger partial charge in [0.2, 0.25) is 12.4 Å². The minimum absolute atomic E-state index is 0.111. The fourth-order valence-electron chi connectivity index (χ4n) is 5.94. The van der Waals surface area contributed by atoms with Crippen LogP contribution < -0.4 is 10.7 Å². The van der Waals surface area contributed by atoms with Crippen LogP contribution in [0.2, 0.25) is 0 Å². The Kier molecular flexibility index (Phi) is 6.48. The first kappa shape index (κ1) is 29.1. The zero-order valence-electron chi connectivity index (χ0n) is 23.1. The van der Waals surface area contributed by atoms with Crippen LogP contribution in [0.25, 0.3) is 64.0 Å². The number of thiophene rings is 1. The molecule has 0 radical (unpaired) electrons. The number of rotatable bonds is 2. The van der Waals surface area contributed by atoms with Gasteiger partial charge >= 0.3 is 6.18 Å². The SMILES string of the molecule is Cc1c(F)cc(-c2ccc3c(c2)/c(=N/C#N)c2sc4/c(=N/C#N)c5cc(-c6cc(F)c(C(F)(F)F)c(F)c6)ccc5c4c23)cc1F. The molecule has 1 aromatic heterocycles. The van der Waals surface area contributed by atoms with Gasteiger partial charge in [0.05, 0.1) is 9.40 Å². The van der Waals surface area contributed by atoms with Crippen molar-refractivity contribution in [3.63, 3.8) is 0 Å². The molecule has 0 amide bonds. The van der Waals surface area contributed by atoms with Crippen LogP contribution in [-0.4, -0.2) is 0 Å². The molecule has 7 rings (SSSR count). The molecule has 0 atom stereocenters. The van der Waals surface area contributed by atoms with E-state index < -0.39 is 35.0 Å². The summed E-state index contributed by atoms with van der Waals surface area (Å²) < 4.78 is 98.2. The molecule has 0 fully saturated rings. The molecule has 0 aliphatic carbocycles. The zero-order valence-corrected chi connectivity index (χ0v) is 23.9. The third kappa shape index (κ3) is 4.25. The van der Waals surface area contributed by atoms with Gasteiger partial charge in [0, 0.05) is 27.1 Å². The van der Waals surface area contributed by atoms with E-state index in [9.17, 15) is 41.3 Å². The van der Waals surface area contributed by atoms with Crippen LogP contribution in [0.1, 0.15) is 11.1 Å². The molecule has 0 bridgehead atoms. The van der Waals surface area contributed by atoms with Crippen molar-refractivity contribution < 1.29 is 30.7 Å². The number of nitrogens with zero attached hydrogens (tertiary/aromatic N) is 4. The molecule has 0 saturated carbocycles. The summed E-state index contributed by atoms with van der Waals surface area (Å²) in [5.41, 5.74) is -1.28. The number of hydrogen-bond acceptors (Lipinski definition) is 5. The van der Waals surface area contributed by atoms with Crippen LogP contribution in [0, 0.1) is 53.1 Å². The van der Waals surface area contributed by atoms with Gasteiger partial charge in [0.15, 0.2) is 0 Å². The quantitative estimate of drug-likeness (QED) is 0.139. The summed E-state index contributed by atoms with van der Waals surface area (Å²) in [5, 5.41) is 23.2. The minimum atomic E-state index is -5.22. The first-order valence-corrected chi connectivity index (χ1v) is 14.2. The Bertz CT molecular complexity index is 2620. The average Bonchev–Trinajstić information content (AvgIpc) is 3.61. The average molecular weight is 643 g/mol. The maximum Gasteiger partial charge on any atom is 0.422 e. The van der Waals surface area contributed by atoms with E-state index >= 15 is 0 Å². The van der Waals surface area contributed by atoms with Crippen molar-refractivity contribution in [2.45, 2.75) is 13.1 Å². The van der Waals surface area contributed by atoms with Gasteiger partial charge in [-0.25, -0.2) is 17.6 Å². The number of benzene rings is 4. The Hall–Kier alpha value is -5.59. The van der Waals surface area contributed by atoms with E-state index in [0.717, 1.165) is 0 Å². The van der Waals surface area contributed by atoms with Crippen molar-refractivity contribution in [2.75, 3.05) is 0 Å². The number of nitriles is 2. The molecule has 1 heterocycles. The Morgan fingerprint density at radius 1 is 0.587 bits per heavy atom. The van der Waals surface area contributed by atoms with Gasteiger partial charge in [0.25, 0.3) is 0 Å². The van der Waals surface area contributed by atoms with Crippen LogP contribution in [-0.2, 0) is 6.18 Å². The number of alkyl halides is 3. The molecule has 7 aromatic rings. The smallest absolute Gasteiger partial charge is 0.207 e. The second-order valence-electron chi connectivity index (χ2n) is 10.5. The zero-order chi connectivity index (χ0) is 32.7. The summed E-state index contributed by atoms with van der Waals surface area (Å²) in [5.74, 6) is -4.94. The molecule has 46 heavy (non-hydrogen) atoms. The van der Waals surface area contributed by atoms with E-state index in [1.54, 1.807) is 36.7 Å². The van der Waals surface area contributed by atoms with Crippen molar-refractivity contribution in [3.05, 3.63) is 106 Å². The summed E-state index contributed by atoms with van der Waals surface area (Å²) in [6, 6.07) is 13.4. The summed E-state index contributed by atoms with van der Waals surface area (Å²) >= 11 is 1.21. The molecule has 0 saturated heterocycles. The molecule has 224 valence electrons. The monoisotopic (exact) mass is 642 g/mol. The lowest BCUT2D eigenvalue weighted by Gasteiger charge is -2.11. The van der Waals surface area contributed by atoms with Crippen LogP contribution in [0.3, 0.4) is 0 Å². The van der Waals surface area contributed by atoms with Crippen molar-refractivity contribution in [1.29, 1.82) is 10.5 Å². The molecule has 0 aliphatic heterocycles. The highest BCUT2D eigenvalue weighted by atomic mass is 32.1. The Balaban J connectivity index is 1.51. The van der Waals surface area contributed by atoms with E-state index in [0.29, 0.717) is 64.8 Å². The van der Waals surface area contributed by atoms with Crippen LogP contribution in [0.4, 0.5) is 30.7 Å². The number of halogens is 7. The van der Waals surface area contributed by atoms with Crippen molar-refractivity contribution >= 4 is 53.1 Å². The first-order chi connectivity index (χ1) is 21.9.